The first-order chi connectivity index (χ1) is 10.2. The van der Waals surface area contributed by atoms with Crippen LogP contribution in [0.2, 0.25) is 0 Å². The Balaban J connectivity index is 1.97. The van der Waals surface area contributed by atoms with Gasteiger partial charge in [-0.15, -0.1) is 0 Å². The van der Waals surface area contributed by atoms with Crippen molar-refractivity contribution in [3.05, 3.63) is 65.9 Å². The molecule has 0 saturated carbocycles. The van der Waals surface area contributed by atoms with Crippen LogP contribution in [-0.4, -0.2) is 0 Å². The average molecular weight is 277 g/mol. The van der Waals surface area contributed by atoms with Crippen molar-refractivity contribution in [2.24, 2.45) is 0 Å². The van der Waals surface area contributed by atoms with Crippen molar-refractivity contribution < 1.29 is 9.15 Å². The van der Waals surface area contributed by atoms with Crippen LogP contribution >= 0.6 is 0 Å². The highest BCUT2D eigenvalue weighted by Gasteiger charge is 2.29. The Morgan fingerprint density at radius 1 is 0.857 bits per heavy atom. The normalized spacial score (nSPS) is 12.6. The summed E-state index contributed by atoms with van der Waals surface area (Å²) in [5.74, 6) is 2.31. The van der Waals surface area contributed by atoms with Gasteiger partial charge in [0.05, 0.1) is 17.6 Å². The molecule has 0 radical (unpaired) electrons. The molecule has 0 unspecified atom stereocenters. The number of anilines is 3. The first kappa shape index (κ1) is 12.1. The van der Waals surface area contributed by atoms with Crippen LogP contribution in [-0.2, 0) is 0 Å². The summed E-state index contributed by atoms with van der Waals surface area (Å²) in [5.41, 5.74) is 4.55. The van der Waals surface area contributed by atoms with E-state index in [0.29, 0.717) is 0 Å². The minimum absolute atomic E-state index is 0.723. The molecule has 3 aromatic rings. The van der Waals surface area contributed by atoms with Crippen LogP contribution in [0.25, 0.3) is 0 Å². The molecule has 0 saturated heterocycles. The second kappa shape index (κ2) is 4.42. The molecule has 2 aromatic carbocycles. The van der Waals surface area contributed by atoms with Gasteiger partial charge in [-0.1, -0.05) is 29.8 Å². The molecule has 104 valence electrons. The molecule has 4 rings (SSSR count). The van der Waals surface area contributed by atoms with Gasteiger partial charge in [0.25, 0.3) is 0 Å². The highest BCUT2D eigenvalue weighted by atomic mass is 16.5. The zero-order valence-corrected chi connectivity index (χ0v) is 12.0. The number of hydrogen-bond acceptors (Lipinski definition) is 3. The van der Waals surface area contributed by atoms with Crippen molar-refractivity contribution in [3.8, 4) is 11.5 Å². The number of furan rings is 1. The molecule has 0 fully saturated rings. The van der Waals surface area contributed by atoms with E-state index >= 15 is 0 Å². The third-order valence-electron chi connectivity index (χ3n) is 3.73. The van der Waals surface area contributed by atoms with Crippen LogP contribution in [0.1, 0.15) is 11.1 Å². The maximum Gasteiger partial charge on any atom is 0.248 e. The van der Waals surface area contributed by atoms with Crippen LogP contribution in [0.4, 0.5) is 17.3 Å². The van der Waals surface area contributed by atoms with Gasteiger partial charge in [-0.25, -0.2) is 0 Å². The van der Waals surface area contributed by atoms with E-state index in [4.69, 9.17) is 9.15 Å². The molecular formula is C18H15NO2. The molecule has 1 aliphatic rings. The fraction of sp³-hybridized carbons (Fsp3) is 0.111. The second-order valence-corrected chi connectivity index (χ2v) is 5.29. The highest BCUT2D eigenvalue weighted by Crippen LogP contribution is 2.51. The number of aryl methyl sites for hydroxylation is 2. The van der Waals surface area contributed by atoms with Gasteiger partial charge in [0.1, 0.15) is 0 Å². The third kappa shape index (κ3) is 1.82. The lowest BCUT2D eigenvalue weighted by Gasteiger charge is -2.30. The molecule has 0 aliphatic carbocycles. The molecule has 0 N–H and O–H groups in total. The Hall–Kier alpha value is -2.68. The van der Waals surface area contributed by atoms with Crippen molar-refractivity contribution in [1.29, 1.82) is 0 Å². The van der Waals surface area contributed by atoms with E-state index in [9.17, 15) is 0 Å². The number of nitrogens with zero attached hydrogens (tertiary/aromatic N) is 1. The second-order valence-electron chi connectivity index (χ2n) is 5.29. The largest absolute Gasteiger partial charge is 0.449 e. The summed E-state index contributed by atoms with van der Waals surface area (Å²) in [7, 11) is 0. The van der Waals surface area contributed by atoms with Crippen molar-refractivity contribution >= 4 is 17.3 Å². The van der Waals surface area contributed by atoms with Crippen LogP contribution in [0.3, 0.4) is 0 Å². The van der Waals surface area contributed by atoms with E-state index in [1.165, 1.54) is 11.1 Å². The van der Waals surface area contributed by atoms with Crippen molar-refractivity contribution in [2.45, 2.75) is 13.8 Å². The van der Waals surface area contributed by atoms with E-state index in [2.05, 4.69) is 36.9 Å². The van der Waals surface area contributed by atoms with E-state index in [0.717, 1.165) is 28.8 Å². The molecule has 0 spiro atoms. The van der Waals surface area contributed by atoms with E-state index in [1.54, 1.807) is 6.26 Å². The van der Waals surface area contributed by atoms with Crippen LogP contribution in [0.5, 0.6) is 11.5 Å². The van der Waals surface area contributed by atoms with Gasteiger partial charge >= 0.3 is 0 Å². The topological polar surface area (TPSA) is 25.6 Å². The van der Waals surface area contributed by atoms with Crippen molar-refractivity contribution in [2.75, 3.05) is 4.90 Å². The Morgan fingerprint density at radius 2 is 1.71 bits per heavy atom. The number of ether oxygens (including phenoxy) is 1. The van der Waals surface area contributed by atoms with Gasteiger partial charge in [0.15, 0.2) is 11.5 Å². The zero-order chi connectivity index (χ0) is 14.4. The van der Waals surface area contributed by atoms with Gasteiger partial charge in [0, 0.05) is 6.07 Å². The summed E-state index contributed by atoms with van der Waals surface area (Å²) in [6.07, 6.45) is 1.66. The summed E-state index contributed by atoms with van der Waals surface area (Å²) in [6.45, 7) is 4.21. The molecule has 3 heteroatoms. The summed E-state index contributed by atoms with van der Waals surface area (Å²) in [6, 6.07) is 16.3. The molecule has 2 heterocycles. The van der Waals surface area contributed by atoms with Gasteiger partial charge in [-0.05, 0) is 37.6 Å². The Labute approximate surface area is 123 Å². The van der Waals surface area contributed by atoms with Crippen LogP contribution in [0.15, 0.2) is 59.2 Å². The van der Waals surface area contributed by atoms with Crippen LogP contribution in [0, 0.1) is 13.8 Å². The number of hydrogen-bond donors (Lipinski definition) is 0. The molecule has 1 aromatic heterocycles. The van der Waals surface area contributed by atoms with Gasteiger partial charge < -0.3 is 9.15 Å². The number of para-hydroxylation sites is 2. The zero-order valence-electron chi connectivity index (χ0n) is 12.0. The van der Waals surface area contributed by atoms with E-state index in [-0.39, 0.29) is 0 Å². The predicted octanol–water partition coefficient (Wildman–Crippen LogP) is 5.47. The molecule has 1 aliphatic heterocycles. The first-order valence-electron chi connectivity index (χ1n) is 6.96. The fourth-order valence-corrected chi connectivity index (χ4v) is 2.78. The van der Waals surface area contributed by atoms with Gasteiger partial charge in [-0.2, -0.15) is 0 Å². The van der Waals surface area contributed by atoms with E-state index in [1.807, 2.05) is 30.3 Å². The Kier molecular flexibility index (Phi) is 2.54. The Morgan fingerprint density at radius 3 is 2.57 bits per heavy atom. The summed E-state index contributed by atoms with van der Waals surface area (Å²) in [5, 5.41) is 0. The smallest absolute Gasteiger partial charge is 0.248 e. The van der Waals surface area contributed by atoms with Crippen molar-refractivity contribution in [1.82, 2.24) is 0 Å². The summed E-state index contributed by atoms with van der Waals surface area (Å²) in [4.78, 5) is 2.11. The lowest BCUT2D eigenvalue weighted by Crippen LogP contribution is -2.15. The standard InChI is InChI=1S/C18H15NO2/c1-12-7-8-14(13(2)11-12)19-15-5-3-4-6-16(15)21-17-9-10-20-18(17)19/h3-11H,1-2H3. The quantitative estimate of drug-likeness (QED) is 0.461. The third-order valence-corrected chi connectivity index (χ3v) is 3.73. The number of benzene rings is 2. The maximum atomic E-state index is 5.90. The summed E-state index contributed by atoms with van der Waals surface area (Å²) >= 11 is 0. The molecule has 0 amide bonds. The summed E-state index contributed by atoms with van der Waals surface area (Å²) < 4.78 is 11.6. The molecule has 0 atom stereocenters. The minimum atomic E-state index is 0.723. The monoisotopic (exact) mass is 277 g/mol. The molecule has 3 nitrogen and oxygen atoms in total. The molecule has 21 heavy (non-hydrogen) atoms. The van der Waals surface area contributed by atoms with Gasteiger partial charge in [-0.3, -0.25) is 4.90 Å². The maximum absolute atomic E-state index is 5.90. The lowest BCUT2D eigenvalue weighted by atomic mass is 10.1. The molecular weight excluding hydrogens is 262 g/mol. The van der Waals surface area contributed by atoms with Gasteiger partial charge in [0.2, 0.25) is 5.88 Å². The lowest BCUT2D eigenvalue weighted by molar-refractivity contribution is 0.458. The fourth-order valence-electron chi connectivity index (χ4n) is 2.78. The molecule has 0 bridgehead atoms. The number of fused-ring (bicyclic) bond motifs is 2. The Bertz CT molecular complexity index is 820. The minimum Gasteiger partial charge on any atom is -0.449 e. The highest BCUT2D eigenvalue weighted by molar-refractivity contribution is 5.84. The average Bonchev–Trinajstić information content (AvgIpc) is 2.93. The first-order valence-corrected chi connectivity index (χ1v) is 6.96. The predicted molar refractivity (Wildman–Crippen MR) is 82.9 cm³/mol. The van der Waals surface area contributed by atoms with Crippen molar-refractivity contribution in [3.63, 3.8) is 0 Å². The SMILES string of the molecule is Cc1ccc(N2c3ccccc3Oc3ccoc32)c(C)c1. The van der Waals surface area contributed by atoms with Crippen LogP contribution < -0.4 is 9.64 Å². The van der Waals surface area contributed by atoms with E-state index < -0.39 is 0 Å². The number of rotatable bonds is 1.